The minimum atomic E-state index is -0.127. The highest BCUT2D eigenvalue weighted by atomic mass is 16.1. The van der Waals surface area contributed by atoms with E-state index < -0.39 is 0 Å². The van der Waals surface area contributed by atoms with Gasteiger partial charge in [-0.25, -0.2) is 0 Å². The second kappa shape index (κ2) is 6.89. The van der Waals surface area contributed by atoms with E-state index in [1.54, 1.807) is 0 Å². The first-order chi connectivity index (χ1) is 7.26. The molecule has 0 aliphatic heterocycles. The molecule has 0 aromatic carbocycles. The van der Waals surface area contributed by atoms with Crippen LogP contribution in [0.1, 0.15) is 53.9 Å². The van der Waals surface area contributed by atoms with Crippen molar-refractivity contribution in [3.63, 3.8) is 0 Å². The number of rotatable bonds is 6. The third-order valence-corrected chi connectivity index (χ3v) is 2.74. The lowest BCUT2D eigenvalue weighted by molar-refractivity contribution is -0.122. The standard InChI is InChI=1S/C13H28N2O/c1-10(2)11(8-9-14)6-7-12(16)15-13(3,4)5/h10-11H,6-9,14H2,1-5H3,(H,15,16). The number of hydrogen-bond donors (Lipinski definition) is 2. The second-order valence-corrected chi connectivity index (χ2v) is 5.92. The molecule has 16 heavy (non-hydrogen) atoms. The van der Waals surface area contributed by atoms with E-state index in [-0.39, 0.29) is 11.4 Å². The van der Waals surface area contributed by atoms with Gasteiger partial charge in [0.1, 0.15) is 0 Å². The molecule has 1 amide bonds. The lowest BCUT2D eigenvalue weighted by Gasteiger charge is -2.23. The third-order valence-electron chi connectivity index (χ3n) is 2.74. The summed E-state index contributed by atoms with van der Waals surface area (Å²) in [6, 6.07) is 0. The number of nitrogens with two attached hydrogens (primary N) is 1. The van der Waals surface area contributed by atoms with E-state index >= 15 is 0 Å². The monoisotopic (exact) mass is 228 g/mol. The van der Waals surface area contributed by atoms with Crippen LogP contribution in [0, 0.1) is 11.8 Å². The van der Waals surface area contributed by atoms with Crippen molar-refractivity contribution in [2.75, 3.05) is 6.54 Å². The molecule has 96 valence electrons. The maximum absolute atomic E-state index is 11.6. The van der Waals surface area contributed by atoms with Crippen LogP contribution in [-0.4, -0.2) is 18.0 Å². The zero-order valence-corrected chi connectivity index (χ0v) is 11.5. The first kappa shape index (κ1) is 15.4. The Hall–Kier alpha value is -0.570. The van der Waals surface area contributed by atoms with Gasteiger partial charge in [0.25, 0.3) is 0 Å². The molecule has 1 unspecified atom stereocenters. The van der Waals surface area contributed by atoms with E-state index in [0.29, 0.717) is 24.8 Å². The van der Waals surface area contributed by atoms with Crippen LogP contribution in [0.15, 0.2) is 0 Å². The summed E-state index contributed by atoms with van der Waals surface area (Å²) in [4.78, 5) is 11.6. The van der Waals surface area contributed by atoms with Gasteiger partial charge in [0.05, 0.1) is 0 Å². The van der Waals surface area contributed by atoms with Crippen LogP contribution in [0.4, 0.5) is 0 Å². The van der Waals surface area contributed by atoms with E-state index in [1.165, 1.54) is 0 Å². The van der Waals surface area contributed by atoms with E-state index in [9.17, 15) is 4.79 Å². The fourth-order valence-electron chi connectivity index (χ4n) is 1.82. The van der Waals surface area contributed by atoms with Crippen LogP contribution in [0.5, 0.6) is 0 Å². The molecule has 0 fully saturated rings. The van der Waals surface area contributed by atoms with Crippen molar-refractivity contribution in [3.8, 4) is 0 Å². The molecule has 0 heterocycles. The number of nitrogens with one attached hydrogen (secondary N) is 1. The zero-order chi connectivity index (χ0) is 12.8. The molecule has 3 nitrogen and oxygen atoms in total. The smallest absolute Gasteiger partial charge is 0.220 e. The molecular formula is C13H28N2O. The number of amides is 1. The van der Waals surface area contributed by atoms with Crippen LogP contribution in [0.3, 0.4) is 0 Å². The Bertz CT molecular complexity index is 206. The van der Waals surface area contributed by atoms with Crippen molar-refractivity contribution in [2.45, 2.75) is 59.4 Å². The van der Waals surface area contributed by atoms with E-state index in [1.807, 2.05) is 20.8 Å². The van der Waals surface area contributed by atoms with Crippen molar-refractivity contribution >= 4 is 5.91 Å². The van der Waals surface area contributed by atoms with Crippen LogP contribution in [-0.2, 0) is 4.79 Å². The van der Waals surface area contributed by atoms with Gasteiger partial charge in [0.15, 0.2) is 0 Å². The average Bonchev–Trinajstić information content (AvgIpc) is 2.08. The second-order valence-electron chi connectivity index (χ2n) is 5.92. The topological polar surface area (TPSA) is 55.1 Å². The highest BCUT2D eigenvalue weighted by Crippen LogP contribution is 2.20. The first-order valence-corrected chi connectivity index (χ1v) is 6.27. The Morgan fingerprint density at radius 3 is 2.19 bits per heavy atom. The minimum absolute atomic E-state index is 0.127. The predicted molar refractivity (Wildman–Crippen MR) is 69.1 cm³/mol. The molecule has 0 bridgehead atoms. The normalized spacial score (nSPS) is 13.9. The zero-order valence-electron chi connectivity index (χ0n) is 11.5. The molecule has 0 aromatic heterocycles. The molecular weight excluding hydrogens is 200 g/mol. The summed E-state index contributed by atoms with van der Waals surface area (Å²) in [5.41, 5.74) is 5.45. The van der Waals surface area contributed by atoms with Crippen molar-refractivity contribution in [1.82, 2.24) is 5.32 Å². The molecule has 0 saturated carbocycles. The van der Waals surface area contributed by atoms with Gasteiger partial charge in [-0.3, -0.25) is 4.79 Å². The predicted octanol–water partition coefficient (Wildman–Crippen LogP) is 2.30. The first-order valence-electron chi connectivity index (χ1n) is 6.27. The minimum Gasteiger partial charge on any atom is -0.352 e. The highest BCUT2D eigenvalue weighted by Gasteiger charge is 2.17. The van der Waals surface area contributed by atoms with Crippen LogP contribution >= 0.6 is 0 Å². The number of hydrogen-bond acceptors (Lipinski definition) is 2. The Balaban J connectivity index is 3.97. The third kappa shape index (κ3) is 7.69. The van der Waals surface area contributed by atoms with Crippen molar-refractivity contribution < 1.29 is 4.79 Å². The Morgan fingerprint density at radius 1 is 1.25 bits per heavy atom. The molecule has 1 atom stereocenters. The van der Waals surface area contributed by atoms with Gasteiger partial charge < -0.3 is 11.1 Å². The summed E-state index contributed by atoms with van der Waals surface area (Å²) in [7, 11) is 0. The molecule has 0 spiro atoms. The lowest BCUT2D eigenvalue weighted by atomic mass is 9.88. The largest absolute Gasteiger partial charge is 0.352 e. The molecule has 0 rings (SSSR count). The fraction of sp³-hybridized carbons (Fsp3) is 0.923. The highest BCUT2D eigenvalue weighted by molar-refractivity contribution is 5.76. The molecule has 3 N–H and O–H groups in total. The average molecular weight is 228 g/mol. The van der Waals surface area contributed by atoms with Gasteiger partial charge in [-0.2, -0.15) is 0 Å². The molecule has 0 aromatic rings. The van der Waals surface area contributed by atoms with Crippen LogP contribution in [0.25, 0.3) is 0 Å². The molecule has 0 aliphatic rings. The number of carbonyl (C=O) groups excluding carboxylic acids is 1. The summed E-state index contributed by atoms with van der Waals surface area (Å²) < 4.78 is 0. The summed E-state index contributed by atoms with van der Waals surface area (Å²) in [6.07, 6.45) is 2.57. The van der Waals surface area contributed by atoms with E-state index in [0.717, 1.165) is 12.8 Å². The van der Waals surface area contributed by atoms with Gasteiger partial charge in [-0.15, -0.1) is 0 Å². The van der Waals surface area contributed by atoms with Crippen molar-refractivity contribution in [1.29, 1.82) is 0 Å². The Morgan fingerprint density at radius 2 is 1.81 bits per heavy atom. The molecule has 0 radical (unpaired) electrons. The maximum atomic E-state index is 11.6. The van der Waals surface area contributed by atoms with Crippen LogP contribution in [0.2, 0.25) is 0 Å². The summed E-state index contributed by atoms with van der Waals surface area (Å²) in [6.45, 7) is 11.1. The molecule has 3 heteroatoms. The fourth-order valence-corrected chi connectivity index (χ4v) is 1.82. The van der Waals surface area contributed by atoms with Crippen molar-refractivity contribution in [2.24, 2.45) is 17.6 Å². The van der Waals surface area contributed by atoms with Gasteiger partial charge in [-0.1, -0.05) is 13.8 Å². The van der Waals surface area contributed by atoms with Gasteiger partial charge in [0.2, 0.25) is 5.91 Å². The van der Waals surface area contributed by atoms with Gasteiger partial charge >= 0.3 is 0 Å². The Labute approximate surface area is 100 Å². The molecule has 0 saturated heterocycles. The summed E-state index contributed by atoms with van der Waals surface area (Å²) in [5, 5.41) is 2.99. The lowest BCUT2D eigenvalue weighted by Crippen LogP contribution is -2.40. The SMILES string of the molecule is CC(C)C(CCN)CCC(=O)NC(C)(C)C. The van der Waals surface area contributed by atoms with E-state index in [4.69, 9.17) is 5.73 Å². The Kier molecular flexibility index (Phi) is 6.65. The number of carbonyl (C=O) groups is 1. The quantitative estimate of drug-likeness (QED) is 0.733. The van der Waals surface area contributed by atoms with Crippen molar-refractivity contribution in [3.05, 3.63) is 0 Å². The summed E-state index contributed by atoms with van der Waals surface area (Å²) >= 11 is 0. The summed E-state index contributed by atoms with van der Waals surface area (Å²) in [5.74, 6) is 1.32. The maximum Gasteiger partial charge on any atom is 0.220 e. The van der Waals surface area contributed by atoms with Gasteiger partial charge in [0, 0.05) is 12.0 Å². The van der Waals surface area contributed by atoms with Gasteiger partial charge in [-0.05, 0) is 52.0 Å². The molecule has 0 aliphatic carbocycles. The van der Waals surface area contributed by atoms with Crippen LogP contribution < -0.4 is 11.1 Å². The van der Waals surface area contributed by atoms with E-state index in [2.05, 4.69) is 19.2 Å².